The van der Waals surface area contributed by atoms with Crippen LogP contribution in [-0.2, 0) is 4.79 Å². The van der Waals surface area contributed by atoms with Crippen molar-refractivity contribution >= 4 is 5.91 Å². The van der Waals surface area contributed by atoms with Crippen LogP contribution < -0.4 is 5.32 Å². The van der Waals surface area contributed by atoms with Gasteiger partial charge in [-0.2, -0.15) is 0 Å². The lowest BCUT2D eigenvalue weighted by atomic mass is 9.40. The minimum Gasteiger partial charge on any atom is -0.353 e. The maximum absolute atomic E-state index is 13.0. The van der Waals surface area contributed by atoms with Gasteiger partial charge in [0.25, 0.3) is 0 Å². The summed E-state index contributed by atoms with van der Waals surface area (Å²) in [5, 5.41) is 3.37. The van der Waals surface area contributed by atoms with Crippen molar-refractivity contribution in [2.24, 2.45) is 22.2 Å². The molecule has 114 valence electrons. The molecule has 1 amide bonds. The molecule has 2 atom stereocenters. The van der Waals surface area contributed by atoms with E-state index in [1.807, 2.05) is 0 Å². The van der Waals surface area contributed by atoms with Crippen LogP contribution in [0.25, 0.3) is 0 Å². The molecule has 2 unspecified atom stereocenters. The van der Waals surface area contributed by atoms with E-state index in [4.69, 9.17) is 0 Å². The highest BCUT2D eigenvalue weighted by molar-refractivity contribution is 5.83. The highest BCUT2D eigenvalue weighted by Gasteiger charge is 2.62. The fraction of sp³-hybridized carbons (Fsp3) is 0.944. The fourth-order valence-corrected chi connectivity index (χ4v) is 6.53. The van der Waals surface area contributed by atoms with Gasteiger partial charge in [0, 0.05) is 6.04 Å². The van der Waals surface area contributed by atoms with Gasteiger partial charge in [-0.25, -0.2) is 0 Å². The van der Waals surface area contributed by atoms with E-state index in [0.717, 1.165) is 38.0 Å². The van der Waals surface area contributed by atoms with Crippen molar-refractivity contribution in [2.75, 3.05) is 0 Å². The Kier molecular flexibility index (Phi) is 3.23. The molecular formula is C18H31NO. The number of nitrogens with one attached hydrogen (secondary N) is 1. The molecule has 4 fully saturated rings. The quantitative estimate of drug-likeness (QED) is 0.816. The van der Waals surface area contributed by atoms with Crippen LogP contribution in [-0.4, -0.2) is 11.9 Å². The van der Waals surface area contributed by atoms with Crippen LogP contribution in [0.4, 0.5) is 0 Å². The minimum atomic E-state index is -0.0362. The number of carbonyl (C=O) groups is 1. The molecule has 2 heteroatoms. The van der Waals surface area contributed by atoms with Crippen molar-refractivity contribution in [3.8, 4) is 0 Å². The van der Waals surface area contributed by atoms with Crippen molar-refractivity contribution in [2.45, 2.75) is 85.1 Å². The summed E-state index contributed by atoms with van der Waals surface area (Å²) in [7, 11) is 0. The summed E-state index contributed by atoms with van der Waals surface area (Å²) in [5.41, 5.74) is 0.824. The van der Waals surface area contributed by atoms with Crippen molar-refractivity contribution < 1.29 is 4.79 Å². The van der Waals surface area contributed by atoms with E-state index in [9.17, 15) is 4.79 Å². The molecule has 4 bridgehead atoms. The lowest BCUT2D eigenvalue weighted by Gasteiger charge is -2.64. The van der Waals surface area contributed by atoms with Gasteiger partial charge >= 0.3 is 0 Å². The van der Waals surface area contributed by atoms with E-state index >= 15 is 0 Å². The summed E-state index contributed by atoms with van der Waals surface area (Å²) in [6.45, 7) is 9.23. The van der Waals surface area contributed by atoms with Crippen LogP contribution in [0.3, 0.4) is 0 Å². The van der Waals surface area contributed by atoms with Crippen LogP contribution in [0, 0.1) is 22.2 Å². The van der Waals surface area contributed by atoms with Crippen LogP contribution >= 0.6 is 0 Å². The van der Waals surface area contributed by atoms with Gasteiger partial charge in [0.2, 0.25) is 5.91 Å². The Morgan fingerprint density at radius 2 is 1.60 bits per heavy atom. The lowest BCUT2D eigenvalue weighted by molar-refractivity contribution is -0.170. The molecule has 20 heavy (non-hydrogen) atoms. The van der Waals surface area contributed by atoms with Crippen LogP contribution in [0.5, 0.6) is 0 Å². The molecule has 0 heterocycles. The summed E-state index contributed by atoms with van der Waals surface area (Å²) >= 11 is 0. The summed E-state index contributed by atoms with van der Waals surface area (Å²) in [5.74, 6) is 1.18. The molecule has 4 aliphatic rings. The van der Waals surface area contributed by atoms with Gasteiger partial charge in [0.15, 0.2) is 0 Å². The van der Waals surface area contributed by atoms with E-state index in [0.29, 0.717) is 22.8 Å². The molecule has 2 nitrogen and oxygen atoms in total. The molecule has 0 radical (unpaired) electrons. The Balaban J connectivity index is 1.83. The average molecular weight is 277 g/mol. The topological polar surface area (TPSA) is 29.1 Å². The summed E-state index contributed by atoms with van der Waals surface area (Å²) in [6.07, 6.45) is 9.61. The molecule has 0 spiro atoms. The van der Waals surface area contributed by atoms with Crippen molar-refractivity contribution in [1.82, 2.24) is 5.32 Å². The SMILES string of the molecule is CCC(CC)NC(=O)C12CC3CC(C)(CC(C)(C3)C1)C2. The Bertz CT molecular complexity index is 394. The molecule has 4 rings (SSSR count). The van der Waals surface area contributed by atoms with E-state index in [1.54, 1.807) is 0 Å². The van der Waals surface area contributed by atoms with Gasteiger partial charge < -0.3 is 5.32 Å². The maximum atomic E-state index is 13.0. The predicted octanol–water partition coefficient (Wildman–Crippen LogP) is 4.29. The van der Waals surface area contributed by atoms with E-state index in [-0.39, 0.29) is 5.41 Å². The predicted molar refractivity (Wildman–Crippen MR) is 82.4 cm³/mol. The number of hydrogen-bond donors (Lipinski definition) is 1. The Labute approximate surface area is 124 Å². The van der Waals surface area contributed by atoms with Gasteiger partial charge in [0.1, 0.15) is 0 Å². The minimum absolute atomic E-state index is 0.0362. The normalized spacial score (nSPS) is 46.0. The first-order valence-electron chi connectivity index (χ1n) is 8.63. The zero-order chi connectivity index (χ0) is 14.6. The van der Waals surface area contributed by atoms with Gasteiger partial charge in [-0.05, 0) is 68.1 Å². The van der Waals surface area contributed by atoms with Crippen molar-refractivity contribution in [3.05, 3.63) is 0 Å². The second-order valence-corrected chi connectivity index (χ2v) is 8.90. The first kappa shape index (κ1) is 14.4. The standard InChI is InChI=1S/C18H31NO/c1-5-14(6-2)19-15(20)18-9-13-7-16(3,11-18)10-17(4,8-13)12-18/h13-14H,5-12H2,1-4H3,(H,19,20). The smallest absolute Gasteiger partial charge is 0.226 e. The van der Waals surface area contributed by atoms with Gasteiger partial charge in [-0.15, -0.1) is 0 Å². The lowest BCUT2D eigenvalue weighted by Crippen LogP contribution is -2.60. The molecule has 4 saturated carbocycles. The molecule has 0 aromatic rings. The second-order valence-electron chi connectivity index (χ2n) is 8.90. The Morgan fingerprint density at radius 3 is 2.05 bits per heavy atom. The van der Waals surface area contributed by atoms with E-state index < -0.39 is 0 Å². The highest BCUT2D eigenvalue weighted by Crippen LogP contribution is 2.69. The third-order valence-corrected chi connectivity index (χ3v) is 6.43. The maximum Gasteiger partial charge on any atom is 0.226 e. The highest BCUT2D eigenvalue weighted by atomic mass is 16.2. The molecule has 4 aliphatic carbocycles. The Morgan fingerprint density at radius 1 is 1.05 bits per heavy atom. The monoisotopic (exact) mass is 277 g/mol. The molecular weight excluding hydrogens is 246 g/mol. The zero-order valence-electron chi connectivity index (χ0n) is 13.7. The molecule has 0 aliphatic heterocycles. The number of rotatable bonds is 4. The second kappa shape index (κ2) is 4.48. The van der Waals surface area contributed by atoms with Gasteiger partial charge in [-0.3, -0.25) is 4.79 Å². The molecule has 0 saturated heterocycles. The fourth-order valence-electron chi connectivity index (χ4n) is 6.53. The van der Waals surface area contributed by atoms with Gasteiger partial charge in [-0.1, -0.05) is 27.7 Å². The summed E-state index contributed by atoms with van der Waals surface area (Å²) in [6, 6.07) is 0.371. The number of carbonyl (C=O) groups excluding carboxylic acids is 1. The average Bonchev–Trinajstić information content (AvgIpc) is 2.31. The summed E-state index contributed by atoms with van der Waals surface area (Å²) in [4.78, 5) is 13.0. The first-order valence-corrected chi connectivity index (χ1v) is 8.63. The van der Waals surface area contributed by atoms with Crippen molar-refractivity contribution in [3.63, 3.8) is 0 Å². The van der Waals surface area contributed by atoms with Gasteiger partial charge in [0.05, 0.1) is 5.41 Å². The van der Waals surface area contributed by atoms with Crippen LogP contribution in [0.15, 0.2) is 0 Å². The van der Waals surface area contributed by atoms with E-state index in [1.165, 1.54) is 19.3 Å². The van der Waals surface area contributed by atoms with E-state index in [2.05, 4.69) is 33.0 Å². The third-order valence-electron chi connectivity index (χ3n) is 6.43. The molecule has 0 aromatic heterocycles. The number of hydrogen-bond acceptors (Lipinski definition) is 1. The third kappa shape index (κ3) is 2.19. The zero-order valence-corrected chi connectivity index (χ0v) is 13.7. The first-order chi connectivity index (χ1) is 9.32. The van der Waals surface area contributed by atoms with Crippen LogP contribution in [0.1, 0.15) is 79.1 Å². The van der Waals surface area contributed by atoms with Crippen LogP contribution in [0.2, 0.25) is 0 Å². The van der Waals surface area contributed by atoms with Crippen molar-refractivity contribution in [1.29, 1.82) is 0 Å². The summed E-state index contributed by atoms with van der Waals surface area (Å²) < 4.78 is 0. The molecule has 0 aromatic carbocycles. The Hall–Kier alpha value is -0.530. The molecule has 1 N–H and O–H groups in total. The largest absolute Gasteiger partial charge is 0.353 e. The number of amides is 1.